The van der Waals surface area contributed by atoms with Crippen LogP contribution in [0.3, 0.4) is 0 Å². The Morgan fingerprint density at radius 2 is 1.11 bits per heavy atom. The number of hydrogen-bond acceptors (Lipinski definition) is 6. The van der Waals surface area contributed by atoms with Gasteiger partial charge >= 0.3 is 0 Å². The van der Waals surface area contributed by atoms with Gasteiger partial charge in [0.05, 0.1) is 24.0 Å². The largest absolute Gasteiger partial charge is 0.391 e. The van der Waals surface area contributed by atoms with Gasteiger partial charge in [-0.2, -0.15) is 0 Å². The number of aliphatic hydroxyl groups excluding tert-OH is 2. The number of fused-ring (bicyclic) bond motifs is 10. The fourth-order valence-electron chi connectivity index (χ4n) is 8.05. The Bertz CT molecular complexity index is 630. The SMILES string of the molecule is O=C1NC(=O)C2C1C1C3CCCC(O)C3NC1C1NC3C(O)CCCC3C12. The molecule has 12 atom stereocenters. The van der Waals surface area contributed by atoms with Crippen molar-refractivity contribution in [2.75, 3.05) is 0 Å². The first-order valence-electron chi connectivity index (χ1n) is 10.8. The zero-order valence-corrected chi connectivity index (χ0v) is 15.4. The summed E-state index contributed by atoms with van der Waals surface area (Å²) in [5.41, 5.74) is 0. The van der Waals surface area contributed by atoms with Gasteiger partial charge in [0.2, 0.25) is 11.8 Å². The van der Waals surface area contributed by atoms with Crippen molar-refractivity contribution in [2.45, 2.75) is 74.9 Å². The molecule has 7 heteroatoms. The van der Waals surface area contributed by atoms with E-state index in [1.807, 2.05) is 0 Å². The quantitative estimate of drug-likeness (QED) is 0.352. The van der Waals surface area contributed by atoms with Crippen LogP contribution in [-0.2, 0) is 9.59 Å². The van der Waals surface area contributed by atoms with Crippen molar-refractivity contribution in [3.05, 3.63) is 0 Å². The van der Waals surface area contributed by atoms with Crippen LogP contribution < -0.4 is 16.0 Å². The van der Waals surface area contributed by atoms with Crippen LogP contribution in [0.4, 0.5) is 0 Å². The Balaban J connectivity index is 1.44. The van der Waals surface area contributed by atoms with Gasteiger partial charge in [0, 0.05) is 24.2 Å². The highest BCUT2D eigenvalue weighted by atomic mass is 16.3. The lowest BCUT2D eigenvalue weighted by Gasteiger charge is -2.45. The monoisotopic (exact) mass is 375 g/mol. The number of nitrogens with one attached hydrogen (secondary N) is 3. The van der Waals surface area contributed by atoms with Gasteiger partial charge in [-0.25, -0.2) is 0 Å². The Morgan fingerprint density at radius 3 is 1.56 bits per heavy atom. The van der Waals surface area contributed by atoms with Crippen LogP contribution >= 0.6 is 0 Å². The Kier molecular flexibility index (Phi) is 3.60. The number of carbonyl (C=O) groups excluding carboxylic acids is 2. The van der Waals surface area contributed by atoms with E-state index < -0.39 is 0 Å². The molecule has 7 nitrogen and oxygen atoms in total. The number of imide groups is 1. The highest BCUT2D eigenvalue weighted by molar-refractivity contribution is 6.05. The molecule has 3 saturated heterocycles. The molecule has 0 radical (unpaired) electrons. The van der Waals surface area contributed by atoms with Gasteiger partial charge in [-0.3, -0.25) is 14.9 Å². The summed E-state index contributed by atoms with van der Waals surface area (Å²) in [7, 11) is 0. The van der Waals surface area contributed by atoms with E-state index in [0.717, 1.165) is 38.5 Å². The summed E-state index contributed by atoms with van der Waals surface area (Å²) in [6.07, 6.45) is 4.83. The molecule has 3 heterocycles. The third-order valence-electron chi connectivity index (χ3n) is 8.87. The Labute approximate surface area is 158 Å². The summed E-state index contributed by atoms with van der Waals surface area (Å²) in [4.78, 5) is 25.7. The van der Waals surface area contributed by atoms with Gasteiger partial charge < -0.3 is 20.8 Å². The zero-order valence-electron chi connectivity index (χ0n) is 15.4. The lowest BCUT2D eigenvalue weighted by molar-refractivity contribution is -0.128. The Morgan fingerprint density at radius 1 is 0.667 bits per heavy atom. The normalized spacial score (nSPS) is 58.7. The molecular weight excluding hydrogens is 346 g/mol. The molecule has 6 fully saturated rings. The molecule has 2 amide bonds. The van der Waals surface area contributed by atoms with E-state index in [2.05, 4.69) is 16.0 Å². The molecule has 6 aliphatic rings. The molecule has 3 aliphatic heterocycles. The number of aliphatic hydroxyl groups is 2. The standard InChI is InChI=1S/C20H29N3O4/c24-9-5-1-3-7-11-13-14(20(27)23-19(13)26)12-8-4-2-6-10(25)16(8)22-18(12)17(11)21-15(7)9/h7-18,21-22,24-25H,1-6H2,(H,23,26,27). The topological polar surface area (TPSA) is 111 Å². The summed E-state index contributed by atoms with van der Waals surface area (Å²) < 4.78 is 0. The minimum atomic E-state index is -0.374. The second-order valence-electron chi connectivity index (χ2n) is 9.82. The summed E-state index contributed by atoms with van der Waals surface area (Å²) >= 11 is 0. The van der Waals surface area contributed by atoms with Crippen molar-refractivity contribution in [3.63, 3.8) is 0 Å². The minimum absolute atomic E-state index is 0.0194. The molecule has 0 aromatic heterocycles. The smallest absolute Gasteiger partial charge is 0.230 e. The maximum absolute atomic E-state index is 12.8. The predicted molar refractivity (Wildman–Crippen MR) is 95.2 cm³/mol. The first-order chi connectivity index (χ1) is 13.1. The predicted octanol–water partition coefficient (Wildman–Crippen LogP) is -0.876. The summed E-state index contributed by atoms with van der Waals surface area (Å²) in [6, 6.07) is 0.221. The van der Waals surface area contributed by atoms with Crippen LogP contribution in [-0.4, -0.2) is 58.4 Å². The molecule has 148 valence electrons. The summed E-state index contributed by atoms with van der Waals surface area (Å²) in [5.74, 6) is -0.106. The van der Waals surface area contributed by atoms with Crippen LogP contribution in [0.15, 0.2) is 0 Å². The second-order valence-corrected chi connectivity index (χ2v) is 9.82. The summed E-state index contributed by atoms with van der Waals surface area (Å²) in [5, 5.41) is 31.2. The molecule has 0 spiro atoms. The van der Waals surface area contributed by atoms with Gasteiger partial charge in [-0.15, -0.1) is 0 Å². The number of hydrogen-bond donors (Lipinski definition) is 5. The average molecular weight is 375 g/mol. The van der Waals surface area contributed by atoms with E-state index in [1.165, 1.54) is 0 Å². The van der Waals surface area contributed by atoms with Gasteiger partial charge in [0.1, 0.15) is 0 Å². The molecule has 0 aromatic carbocycles. The first-order valence-corrected chi connectivity index (χ1v) is 10.8. The van der Waals surface area contributed by atoms with Crippen molar-refractivity contribution in [1.82, 2.24) is 16.0 Å². The molecular formula is C20H29N3O4. The summed E-state index contributed by atoms with van der Waals surface area (Å²) in [6.45, 7) is 0. The van der Waals surface area contributed by atoms with E-state index in [1.54, 1.807) is 0 Å². The molecule has 12 unspecified atom stereocenters. The lowest BCUT2D eigenvalue weighted by atomic mass is 9.57. The van der Waals surface area contributed by atoms with E-state index in [0.29, 0.717) is 0 Å². The molecule has 27 heavy (non-hydrogen) atoms. The van der Waals surface area contributed by atoms with E-state index in [-0.39, 0.29) is 83.7 Å². The molecule has 6 rings (SSSR count). The Hall–Kier alpha value is -1.02. The number of rotatable bonds is 0. The highest BCUT2D eigenvalue weighted by Crippen LogP contribution is 2.57. The molecule has 3 aliphatic carbocycles. The first kappa shape index (κ1) is 16.9. The third kappa shape index (κ3) is 2.11. The van der Waals surface area contributed by atoms with Crippen LogP contribution in [0, 0.1) is 35.5 Å². The average Bonchev–Trinajstić information content (AvgIpc) is 3.28. The van der Waals surface area contributed by atoms with E-state index in [9.17, 15) is 19.8 Å². The zero-order chi connectivity index (χ0) is 18.4. The molecule has 0 aromatic rings. The van der Waals surface area contributed by atoms with Gasteiger partial charge in [-0.05, 0) is 49.4 Å². The van der Waals surface area contributed by atoms with E-state index in [4.69, 9.17) is 0 Å². The third-order valence-corrected chi connectivity index (χ3v) is 8.87. The number of amides is 2. The van der Waals surface area contributed by atoms with Crippen LogP contribution in [0.1, 0.15) is 38.5 Å². The molecule has 0 bridgehead atoms. The molecule has 5 N–H and O–H groups in total. The highest BCUT2D eigenvalue weighted by Gasteiger charge is 2.68. The fraction of sp³-hybridized carbons (Fsp3) is 0.900. The van der Waals surface area contributed by atoms with Crippen molar-refractivity contribution < 1.29 is 19.8 Å². The number of carbonyl (C=O) groups is 2. The van der Waals surface area contributed by atoms with Crippen molar-refractivity contribution in [2.24, 2.45) is 35.5 Å². The minimum Gasteiger partial charge on any atom is -0.391 e. The van der Waals surface area contributed by atoms with Crippen molar-refractivity contribution in [3.8, 4) is 0 Å². The fourth-order valence-corrected chi connectivity index (χ4v) is 8.05. The van der Waals surface area contributed by atoms with Crippen molar-refractivity contribution in [1.29, 1.82) is 0 Å². The van der Waals surface area contributed by atoms with Crippen LogP contribution in [0.5, 0.6) is 0 Å². The van der Waals surface area contributed by atoms with Crippen LogP contribution in [0.25, 0.3) is 0 Å². The molecule has 3 saturated carbocycles. The van der Waals surface area contributed by atoms with Gasteiger partial charge in [-0.1, -0.05) is 12.8 Å². The lowest BCUT2D eigenvalue weighted by Crippen LogP contribution is -2.59. The maximum Gasteiger partial charge on any atom is 0.230 e. The maximum atomic E-state index is 12.8. The second kappa shape index (κ2) is 5.75. The van der Waals surface area contributed by atoms with Gasteiger partial charge in [0.25, 0.3) is 0 Å². The van der Waals surface area contributed by atoms with Gasteiger partial charge in [0.15, 0.2) is 0 Å². The van der Waals surface area contributed by atoms with E-state index >= 15 is 0 Å². The van der Waals surface area contributed by atoms with Crippen LogP contribution in [0.2, 0.25) is 0 Å². The van der Waals surface area contributed by atoms with Crippen molar-refractivity contribution >= 4 is 11.8 Å².